The molecule has 0 saturated carbocycles. The van der Waals surface area contributed by atoms with Gasteiger partial charge in [0.25, 0.3) is 0 Å². The van der Waals surface area contributed by atoms with Crippen LogP contribution in [0.3, 0.4) is 0 Å². The van der Waals surface area contributed by atoms with Crippen LogP contribution in [0.2, 0.25) is 0 Å². The van der Waals surface area contributed by atoms with Crippen LogP contribution in [0.1, 0.15) is 12.6 Å². The minimum Gasteiger partial charge on any atom is -0.368 e. The SMILES string of the molecule is CCN1CCOC(C(=O)Cc2ccc3ccccc3n2)C1. The van der Waals surface area contributed by atoms with Gasteiger partial charge in [0.1, 0.15) is 6.10 Å². The van der Waals surface area contributed by atoms with Crippen LogP contribution in [0.15, 0.2) is 36.4 Å². The number of ketones is 1. The number of likely N-dealkylation sites (N-methyl/N-ethyl adjacent to an activating group) is 1. The van der Waals surface area contributed by atoms with Gasteiger partial charge in [-0.1, -0.05) is 31.2 Å². The molecule has 21 heavy (non-hydrogen) atoms. The van der Waals surface area contributed by atoms with Crippen molar-refractivity contribution in [3.63, 3.8) is 0 Å². The van der Waals surface area contributed by atoms with Gasteiger partial charge in [-0.25, -0.2) is 0 Å². The molecule has 1 saturated heterocycles. The van der Waals surface area contributed by atoms with Crippen molar-refractivity contribution >= 4 is 16.7 Å². The number of carbonyl (C=O) groups excluding carboxylic acids is 1. The highest BCUT2D eigenvalue weighted by Crippen LogP contribution is 2.14. The van der Waals surface area contributed by atoms with Crippen LogP contribution >= 0.6 is 0 Å². The molecule has 0 spiro atoms. The number of benzene rings is 1. The summed E-state index contributed by atoms with van der Waals surface area (Å²) in [6, 6.07) is 11.9. The van der Waals surface area contributed by atoms with E-state index in [1.54, 1.807) is 0 Å². The van der Waals surface area contributed by atoms with Crippen LogP contribution in [0.5, 0.6) is 0 Å². The number of hydrogen-bond donors (Lipinski definition) is 0. The molecule has 1 aromatic heterocycles. The summed E-state index contributed by atoms with van der Waals surface area (Å²) >= 11 is 0. The minimum atomic E-state index is -0.313. The van der Waals surface area contributed by atoms with Gasteiger partial charge in [0.15, 0.2) is 5.78 Å². The van der Waals surface area contributed by atoms with E-state index in [0.29, 0.717) is 19.6 Å². The molecule has 1 aliphatic rings. The molecule has 4 nitrogen and oxygen atoms in total. The van der Waals surface area contributed by atoms with Crippen LogP contribution in [0.4, 0.5) is 0 Å². The van der Waals surface area contributed by atoms with E-state index in [1.165, 1.54) is 0 Å². The van der Waals surface area contributed by atoms with Gasteiger partial charge in [-0.05, 0) is 18.7 Å². The second kappa shape index (κ2) is 6.33. The first-order valence-electron chi connectivity index (χ1n) is 7.47. The van der Waals surface area contributed by atoms with Gasteiger partial charge >= 0.3 is 0 Å². The molecule has 1 unspecified atom stereocenters. The lowest BCUT2D eigenvalue weighted by Crippen LogP contribution is -2.46. The lowest BCUT2D eigenvalue weighted by molar-refractivity contribution is -0.135. The highest BCUT2D eigenvalue weighted by Gasteiger charge is 2.25. The van der Waals surface area contributed by atoms with Crippen molar-refractivity contribution in [2.24, 2.45) is 0 Å². The summed E-state index contributed by atoms with van der Waals surface area (Å²) in [6.07, 6.45) is 0.0273. The molecule has 0 aliphatic carbocycles. The smallest absolute Gasteiger partial charge is 0.168 e. The quantitative estimate of drug-likeness (QED) is 0.862. The van der Waals surface area contributed by atoms with E-state index in [9.17, 15) is 4.79 Å². The first-order valence-corrected chi connectivity index (χ1v) is 7.47. The van der Waals surface area contributed by atoms with Crippen molar-refractivity contribution in [1.29, 1.82) is 0 Å². The number of morpholine rings is 1. The zero-order valence-corrected chi connectivity index (χ0v) is 12.3. The number of pyridine rings is 1. The summed E-state index contributed by atoms with van der Waals surface area (Å²) in [5.74, 6) is 0.121. The highest BCUT2D eigenvalue weighted by molar-refractivity contribution is 5.86. The first-order chi connectivity index (χ1) is 10.3. The van der Waals surface area contributed by atoms with Gasteiger partial charge in [0, 0.05) is 24.2 Å². The Morgan fingerprint density at radius 2 is 2.19 bits per heavy atom. The molecule has 1 aliphatic heterocycles. The van der Waals surface area contributed by atoms with Gasteiger partial charge in [-0.3, -0.25) is 14.7 Å². The van der Waals surface area contributed by atoms with E-state index in [2.05, 4.69) is 16.8 Å². The van der Waals surface area contributed by atoms with Gasteiger partial charge in [-0.15, -0.1) is 0 Å². The first kappa shape index (κ1) is 14.2. The fourth-order valence-electron chi connectivity index (χ4n) is 2.68. The largest absolute Gasteiger partial charge is 0.368 e. The Kier molecular flexibility index (Phi) is 4.27. The summed E-state index contributed by atoms with van der Waals surface area (Å²) in [5, 5.41) is 1.10. The van der Waals surface area contributed by atoms with Crippen molar-refractivity contribution in [3.05, 3.63) is 42.1 Å². The monoisotopic (exact) mass is 284 g/mol. The second-order valence-corrected chi connectivity index (χ2v) is 5.39. The van der Waals surface area contributed by atoms with Crippen molar-refractivity contribution < 1.29 is 9.53 Å². The topological polar surface area (TPSA) is 42.4 Å². The number of hydrogen-bond acceptors (Lipinski definition) is 4. The van der Waals surface area contributed by atoms with Gasteiger partial charge in [-0.2, -0.15) is 0 Å². The highest BCUT2D eigenvalue weighted by atomic mass is 16.5. The maximum atomic E-state index is 12.4. The summed E-state index contributed by atoms with van der Waals surface area (Å²) in [5.41, 5.74) is 1.75. The number of fused-ring (bicyclic) bond motifs is 1. The third kappa shape index (κ3) is 3.28. The Morgan fingerprint density at radius 1 is 1.33 bits per heavy atom. The number of rotatable bonds is 4. The Morgan fingerprint density at radius 3 is 3.05 bits per heavy atom. The van der Waals surface area contributed by atoms with E-state index >= 15 is 0 Å². The van der Waals surface area contributed by atoms with Crippen molar-refractivity contribution in [1.82, 2.24) is 9.88 Å². The molecule has 1 aromatic carbocycles. The van der Waals surface area contributed by atoms with Crippen LogP contribution < -0.4 is 0 Å². The summed E-state index contributed by atoms with van der Waals surface area (Å²) in [7, 11) is 0. The molecule has 0 amide bonds. The van der Waals surface area contributed by atoms with Crippen LogP contribution in [0.25, 0.3) is 10.9 Å². The zero-order chi connectivity index (χ0) is 14.7. The number of nitrogens with zero attached hydrogens (tertiary/aromatic N) is 2. The van der Waals surface area contributed by atoms with E-state index in [1.807, 2.05) is 36.4 Å². The maximum Gasteiger partial charge on any atom is 0.168 e. The molecular formula is C17H20N2O2. The lowest BCUT2D eigenvalue weighted by atomic mass is 10.1. The molecule has 0 radical (unpaired) electrons. The summed E-state index contributed by atoms with van der Waals surface area (Å²) in [6.45, 7) is 5.31. The average molecular weight is 284 g/mol. The Bertz CT molecular complexity index is 641. The predicted octanol–water partition coefficient (Wildman–Crippen LogP) is 2.07. The number of carbonyl (C=O) groups is 1. The van der Waals surface area contributed by atoms with Crippen molar-refractivity contribution in [2.45, 2.75) is 19.4 Å². The van der Waals surface area contributed by atoms with E-state index in [-0.39, 0.29) is 11.9 Å². The van der Waals surface area contributed by atoms with Crippen LogP contribution in [-0.4, -0.2) is 48.0 Å². The van der Waals surface area contributed by atoms with Gasteiger partial charge < -0.3 is 4.74 Å². The second-order valence-electron chi connectivity index (χ2n) is 5.39. The fraction of sp³-hybridized carbons (Fsp3) is 0.412. The standard InChI is InChI=1S/C17H20N2O2/c1-2-19-9-10-21-17(12-19)16(20)11-14-8-7-13-5-3-4-6-15(13)18-14/h3-8,17H,2,9-12H2,1H3. The van der Waals surface area contributed by atoms with Crippen molar-refractivity contribution in [3.8, 4) is 0 Å². The normalized spacial score (nSPS) is 19.8. The molecular weight excluding hydrogens is 264 g/mol. The van der Waals surface area contributed by atoms with Crippen molar-refractivity contribution in [2.75, 3.05) is 26.2 Å². The number of para-hydroxylation sites is 1. The summed E-state index contributed by atoms with van der Waals surface area (Å²) < 4.78 is 5.61. The third-order valence-corrected chi connectivity index (χ3v) is 3.97. The number of aromatic nitrogens is 1. The minimum absolute atomic E-state index is 0.121. The number of ether oxygens (including phenoxy) is 1. The third-order valence-electron chi connectivity index (χ3n) is 3.97. The molecule has 3 rings (SSSR count). The summed E-state index contributed by atoms with van der Waals surface area (Å²) in [4.78, 5) is 19.2. The van der Waals surface area contributed by atoms with Crippen LogP contribution in [-0.2, 0) is 16.0 Å². The molecule has 0 N–H and O–H groups in total. The molecule has 2 heterocycles. The maximum absolute atomic E-state index is 12.4. The average Bonchev–Trinajstić information content (AvgIpc) is 2.54. The molecule has 110 valence electrons. The van der Waals surface area contributed by atoms with E-state index < -0.39 is 0 Å². The molecule has 0 bridgehead atoms. The van der Waals surface area contributed by atoms with E-state index in [0.717, 1.165) is 29.7 Å². The lowest BCUT2D eigenvalue weighted by Gasteiger charge is -2.31. The molecule has 1 atom stereocenters. The van der Waals surface area contributed by atoms with Gasteiger partial charge in [0.2, 0.25) is 0 Å². The predicted molar refractivity (Wildman–Crippen MR) is 82.3 cm³/mol. The molecule has 1 fully saturated rings. The fourth-order valence-corrected chi connectivity index (χ4v) is 2.68. The van der Waals surface area contributed by atoms with Crippen LogP contribution in [0, 0.1) is 0 Å². The van der Waals surface area contributed by atoms with Gasteiger partial charge in [0.05, 0.1) is 18.5 Å². The Balaban J connectivity index is 1.70. The Hall–Kier alpha value is -1.78. The Labute approximate surface area is 124 Å². The van der Waals surface area contributed by atoms with E-state index in [4.69, 9.17) is 4.74 Å². The molecule has 4 heteroatoms. The molecule has 2 aromatic rings. The number of Topliss-reactive ketones (excluding diaryl/α,β-unsaturated/α-hetero) is 1. The zero-order valence-electron chi connectivity index (χ0n) is 12.3.